The molecule has 0 bridgehead atoms. The fourth-order valence-electron chi connectivity index (χ4n) is 3.51. The van der Waals surface area contributed by atoms with Gasteiger partial charge in [0, 0.05) is 17.7 Å². The van der Waals surface area contributed by atoms with Crippen molar-refractivity contribution >= 4 is 39.6 Å². The highest BCUT2D eigenvalue weighted by Gasteiger charge is 2.31. The van der Waals surface area contributed by atoms with E-state index < -0.39 is 39.2 Å². The van der Waals surface area contributed by atoms with Crippen molar-refractivity contribution in [1.82, 2.24) is 15.4 Å². The van der Waals surface area contributed by atoms with Gasteiger partial charge < -0.3 is 15.7 Å². The lowest BCUT2D eigenvalue weighted by atomic mass is 10.0. The molecule has 36 heavy (non-hydrogen) atoms. The second-order valence-electron chi connectivity index (χ2n) is 10.3. The molecule has 0 radical (unpaired) electrons. The summed E-state index contributed by atoms with van der Waals surface area (Å²) >= 11 is 1.45. The standard InChI is InChI=1S/C25H41N3O6S2/c1-17(2)15-19(22(29)28-20(24(31)32)16-18-11-8-7-9-12-18)27-23(30)21(35-25(3,4)5)13-10-14-26-36(6,33)34/h7-9,11-12,17,19-21,26H,10,13-16H2,1-6H3,(H,27,30)(H,28,29)(H,31,32)/t19?,20-,21?/m0/s1. The van der Waals surface area contributed by atoms with Crippen LogP contribution in [0.3, 0.4) is 0 Å². The molecular weight excluding hydrogens is 502 g/mol. The van der Waals surface area contributed by atoms with E-state index in [1.165, 1.54) is 11.8 Å². The zero-order valence-corrected chi connectivity index (χ0v) is 23.7. The molecule has 0 aliphatic heterocycles. The second-order valence-corrected chi connectivity index (χ2v) is 14.2. The Morgan fingerprint density at radius 3 is 2.08 bits per heavy atom. The Hall–Kier alpha value is -2.11. The van der Waals surface area contributed by atoms with Crippen molar-refractivity contribution in [2.45, 2.75) is 82.4 Å². The molecule has 11 heteroatoms. The summed E-state index contributed by atoms with van der Waals surface area (Å²) in [6.45, 7) is 9.99. The van der Waals surface area contributed by atoms with Crippen molar-refractivity contribution in [2.24, 2.45) is 5.92 Å². The van der Waals surface area contributed by atoms with E-state index in [1.807, 2.05) is 40.7 Å². The molecule has 0 aromatic heterocycles. The van der Waals surface area contributed by atoms with E-state index in [1.54, 1.807) is 24.3 Å². The van der Waals surface area contributed by atoms with Gasteiger partial charge in [0.15, 0.2) is 0 Å². The molecule has 2 amide bonds. The molecule has 0 fully saturated rings. The number of thioether (sulfide) groups is 1. The minimum Gasteiger partial charge on any atom is -0.480 e. The number of rotatable bonds is 15. The van der Waals surface area contributed by atoms with Gasteiger partial charge in [-0.1, -0.05) is 65.0 Å². The summed E-state index contributed by atoms with van der Waals surface area (Å²) in [6, 6.07) is 6.99. The van der Waals surface area contributed by atoms with Crippen LogP contribution in [0.1, 0.15) is 59.4 Å². The number of carboxylic acids is 1. The van der Waals surface area contributed by atoms with Crippen LogP contribution in [-0.2, 0) is 30.8 Å². The number of carbonyl (C=O) groups excluding carboxylic acids is 2. The molecule has 1 aromatic carbocycles. The van der Waals surface area contributed by atoms with Gasteiger partial charge in [0.1, 0.15) is 12.1 Å². The van der Waals surface area contributed by atoms with Gasteiger partial charge in [0.05, 0.1) is 11.5 Å². The molecule has 0 saturated carbocycles. The number of sulfonamides is 1. The molecule has 0 heterocycles. The van der Waals surface area contributed by atoms with Gasteiger partial charge in [-0.05, 0) is 30.7 Å². The number of benzene rings is 1. The minimum atomic E-state index is -3.32. The van der Waals surface area contributed by atoms with Crippen LogP contribution in [0.25, 0.3) is 0 Å². The molecule has 0 saturated heterocycles. The smallest absolute Gasteiger partial charge is 0.326 e. The van der Waals surface area contributed by atoms with Gasteiger partial charge in [-0.3, -0.25) is 9.59 Å². The first kappa shape index (κ1) is 31.9. The highest BCUT2D eigenvalue weighted by atomic mass is 32.2. The predicted molar refractivity (Wildman–Crippen MR) is 144 cm³/mol. The Morgan fingerprint density at radius 1 is 1.00 bits per heavy atom. The third kappa shape index (κ3) is 13.8. The lowest BCUT2D eigenvalue weighted by molar-refractivity contribution is -0.142. The first-order valence-corrected chi connectivity index (χ1v) is 14.8. The van der Waals surface area contributed by atoms with E-state index in [4.69, 9.17) is 0 Å². The van der Waals surface area contributed by atoms with Gasteiger partial charge in [-0.2, -0.15) is 0 Å². The molecule has 0 aliphatic carbocycles. The van der Waals surface area contributed by atoms with Crippen LogP contribution >= 0.6 is 11.8 Å². The van der Waals surface area contributed by atoms with E-state index in [0.29, 0.717) is 19.3 Å². The van der Waals surface area contributed by atoms with E-state index in [2.05, 4.69) is 15.4 Å². The normalized spacial score (nSPS) is 14.6. The molecule has 1 rings (SSSR count). The maximum atomic E-state index is 13.3. The van der Waals surface area contributed by atoms with Gasteiger partial charge in [0.25, 0.3) is 0 Å². The fourth-order valence-corrected chi connectivity index (χ4v) is 5.33. The van der Waals surface area contributed by atoms with Gasteiger partial charge >= 0.3 is 5.97 Å². The molecule has 0 aliphatic rings. The Balaban J connectivity index is 2.95. The van der Waals surface area contributed by atoms with Crippen LogP contribution in [-0.4, -0.2) is 66.2 Å². The van der Waals surface area contributed by atoms with E-state index in [9.17, 15) is 27.9 Å². The first-order valence-electron chi connectivity index (χ1n) is 12.1. The molecule has 9 nitrogen and oxygen atoms in total. The summed E-state index contributed by atoms with van der Waals surface area (Å²) in [5, 5.41) is 14.6. The van der Waals surface area contributed by atoms with Crippen molar-refractivity contribution in [1.29, 1.82) is 0 Å². The van der Waals surface area contributed by atoms with Crippen LogP contribution in [0.4, 0.5) is 0 Å². The summed E-state index contributed by atoms with van der Waals surface area (Å²) in [7, 11) is -3.32. The van der Waals surface area contributed by atoms with Crippen molar-refractivity contribution in [3.8, 4) is 0 Å². The monoisotopic (exact) mass is 543 g/mol. The van der Waals surface area contributed by atoms with Crippen molar-refractivity contribution in [2.75, 3.05) is 12.8 Å². The Kier molecular flexibility index (Phi) is 12.9. The Bertz CT molecular complexity index is 962. The third-order valence-electron chi connectivity index (χ3n) is 5.03. The Morgan fingerprint density at radius 2 is 1.58 bits per heavy atom. The number of aliphatic carboxylic acids is 1. The Labute approximate surface area is 219 Å². The summed E-state index contributed by atoms with van der Waals surface area (Å²) in [5.74, 6) is -1.95. The lowest BCUT2D eigenvalue weighted by Gasteiger charge is -2.28. The summed E-state index contributed by atoms with van der Waals surface area (Å²) in [5.41, 5.74) is 0.777. The van der Waals surface area contributed by atoms with E-state index >= 15 is 0 Å². The SMILES string of the molecule is CC(C)CC(NC(=O)C(CCCNS(C)(=O)=O)SC(C)(C)C)C(=O)N[C@@H](Cc1ccccc1)C(=O)O. The van der Waals surface area contributed by atoms with Crippen molar-refractivity contribution < 1.29 is 27.9 Å². The zero-order valence-electron chi connectivity index (χ0n) is 22.0. The topological polar surface area (TPSA) is 142 Å². The van der Waals surface area contributed by atoms with E-state index in [0.717, 1.165) is 11.8 Å². The summed E-state index contributed by atoms with van der Waals surface area (Å²) < 4.78 is 24.8. The summed E-state index contributed by atoms with van der Waals surface area (Å²) in [6.07, 6.45) is 2.42. The number of amides is 2. The quantitative estimate of drug-likeness (QED) is 0.249. The number of carbonyl (C=O) groups is 3. The molecule has 4 N–H and O–H groups in total. The van der Waals surface area contributed by atoms with Gasteiger partial charge in [-0.25, -0.2) is 17.9 Å². The van der Waals surface area contributed by atoms with Crippen molar-refractivity contribution in [3.05, 3.63) is 35.9 Å². The van der Waals surface area contributed by atoms with Gasteiger partial charge in [-0.15, -0.1) is 11.8 Å². The second kappa shape index (κ2) is 14.6. The third-order valence-corrected chi connectivity index (χ3v) is 7.20. The van der Waals surface area contributed by atoms with Crippen molar-refractivity contribution in [3.63, 3.8) is 0 Å². The van der Waals surface area contributed by atoms with Crippen LogP contribution in [0.2, 0.25) is 0 Å². The molecule has 3 atom stereocenters. The molecule has 1 aromatic rings. The fraction of sp³-hybridized carbons (Fsp3) is 0.640. The maximum absolute atomic E-state index is 13.3. The van der Waals surface area contributed by atoms with Crippen LogP contribution in [0, 0.1) is 5.92 Å². The predicted octanol–water partition coefficient (Wildman–Crippen LogP) is 2.56. The highest BCUT2D eigenvalue weighted by molar-refractivity contribution is 8.01. The average Bonchev–Trinajstić information content (AvgIpc) is 2.73. The molecule has 2 unspecified atom stereocenters. The zero-order chi connectivity index (χ0) is 27.5. The highest BCUT2D eigenvalue weighted by Crippen LogP contribution is 2.31. The molecular formula is C25H41N3O6S2. The van der Waals surface area contributed by atoms with Crippen LogP contribution < -0.4 is 15.4 Å². The van der Waals surface area contributed by atoms with E-state index in [-0.39, 0.29) is 29.5 Å². The van der Waals surface area contributed by atoms with Gasteiger partial charge in [0.2, 0.25) is 21.8 Å². The number of nitrogens with one attached hydrogen (secondary N) is 3. The first-order chi connectivity index (χ1) is 16.6. The number of carboxylic acid groups (broad SMARTS) is 1. The summed E-state index contributed by atoms with van der Waals surface area (Å²) in [4.78, 5) is 38.2. The van der Waals surface area contributed by atoms with Crippen LogP contribution in [0.15, 0.2) is 30.3 Å². The minimum absolute atomic E-state index is 0.0751. The average molecular weight is 544 g/mol. The maximum Gasteiger partial charge on any atom is 0.326 e. The number of hydrogen-bond acceptors (Lipinski definition) is 6. The molecule has 204 valence electrons. The lowest BCUT2D eigenvalue weighted by Crippen LogP contribution is -2.54. The largest absolute Gasteiger partial charge is 0.480 e. The molecule has 0 spiro atoms. The number of hydrogen-bond donors (Lipinski definition) is 4. The van der Waals surface area contributed by atoms with Crippen LogP contribution in [0.5, 0.6) is 0 Å².